The van der Waals surface area contributed by atoms with E-state index in [0.29, 0.717) is 41.3 Å². The van der Waals surface area contributed by atoms with Crippen LogP contribution in [0.5, 0.6) is 0 Å². The van der Waals surface area contributed by atoms with E-state index in [9.17, 15) is 22.8 Å². The Bertz CT molecular complexity index is 1060. The van der Waals surface area contributed by atoms with Crippen LogP contribution in [0.1, 0.15) is 57.2 Å². The predicted octanol–water partition coefficient (Wildman–Crippen LogP) is 5.32. The number of hydrogen-bond acceptors (Lipinski definition) is 5. The van der Waals surface area contributed by atoms with Gasteiger partial charge in [0.25, 0.3) is 0 Å². The zero-order valence-corrected chi connectivity index (χ0v) is 19.5. The van der Waals surface area contributed by atoms with E-state index in [1.807, 2.05) is 0 Å². The van der Waals surface area contributed by atoms with E-state index < -0.39 is 18.9 Å². The van der Waals surface area contributed by atoms with Crippen molar-refractivity contribution in [3.05, 3.63) is 16.5 Å². The molecule has 33 heavy (non-hydrogen) atoms. The van der Waals surface area contributed by atoms with Crippen molar-refractivity contribution in [3.8, 4) is 6.07 Å². The van der Waals surface area contributed by atoms with Gasteiger partial charge in [-0.1, -0.05) is 0 Å². The molecule has 2 saturated heterocycles. The molecule has 2 aliphatic heterocycles. The summed E-state index contributed by atoms with van der Waals surface area (Å²) in [5.41, 5.74) is 0.449. The number of nitriles is 1. The lowest BCUT2D eigenvalue weighted by Gasteiger charge is -2.44. The van der Waals surface area contributed by atoms with Gasteiger partial charge in [-0.2, -0.15) is 18.4 Å². The highest BCUT2D eigenvalue weighted by molar-refractivity contribution is 9.10. The SMILES string of the molecule is N#Cc1nc2cnc(NC3CCC(N4[C@@H]5CC[C@H]4CC(F)C5)CC3)c(Br)c2n1CC(F)(F)F. The molecule has 6 nitrogen and oxygen atoms in total. The topological polar surface area (TPSA) is 69.8 Å². The van der Waals surface area contributed by atoms with Gasteiger partial charge in [-0.25, -0.2) is 14.4 Å². The zero-order valence-electron chi connectivity index (χ0n) is 18.0. The lowest BCUT2D eigenvalue weighted by molar-refractivity contribution is -0.140. The fourth-order valence-corrected chi connectivity index (χ4v) is 6.70. The van der Waals surface area contributed by atoms with Gasteiger partial charge in [0.1, 0.15) is 30.1 Å². The van der Waals surface area contributed by atoms with Gasteiger partial charge in [0.2, 0.25) is 5.82 Å². The van der Waals surface area contributed by atoms with Crippen LogP contribution in [0, 0.1) is 11.3 Å². The van der Waals surface area contributed by atoms with Crippen LogP contribution < -0.4 is 5.32 Å². The van der Waals surface area contributed by atoms with Crippen LogP contribution in [-0.2, 0) is 6.54 Å². The molecule has 1 N–H and O–H groups in total. The number of imidazole rings is 1. The average molecular weight is 529 g/mol. The van der Waals surface area contributed by atoms with Crippen LogP contribution in [0.15, 0.2) is 10.7 Å². The summed E-state index contributed by atoms with van der Waals surface area (Å²) in [7, 11) is 0. The van der Waals surface area contributed by atoms with Gasteiger partial charge < -0.3 is 9.88 Å². The number of piperidine rings is 1. The number of hydrogen-bond donors (Lipinski definition) is 1. The Morgan fingerprint density at radius 1 is 1.09 bits per heavy atom. The van der Waals surface area contributed by atoms with E-state index in [1.165, 1.54) is 6.20 Å². The molecule has 0 spiro atoms. The van der Waals surface area contributed by atoms with E-state index >= 15 is 0 Å². The zero-order chi connectivity index (χ0) is 23.3. The fourth-order valence-electron chi connectivity index (χ4n) is 6.06. The first-order valence-corrected chi connectivity index (χ1v) is 12.2. The molecule has 2 aromatic heterocycles. The normalized spacial score (nSPS) is 30.5. The quantitative estimate of drug-likeness (QED) is 0.544. The van der Waals surface area contributed by atoms with E-state index in [1.54, 1.807) is 6.07 Å². The summed E-state index contributed by atoms with van der Waals surface area (Å²) in [4.78, 5) is 10.9. The Labute approximate surface area is 197 Å². The van der Waals surface area contributed by atoms with Crippen molar-refractivity contribution in [1.29, 1.82) is 5.26 Å². The monoisotopic (exact) mass is 528 g/mol. The summed E-state index contributed by atoms with van der Waals surface area (Å²) >= 11 is 3.41. The standard InChI is InChI=1S/C22H25BrF4N6/c23-19-20-17(31-18(9-28)32(20)11-22(25,26)27)10-29-21(19)30-13-1-3-14(4-2-13)33-15-5-6-16(33)8-12(24)7-15/h10,12-16H,1-8,11H2,(H,29,30)/t12?,13?,14?,15-,16+. The fraction of sp³-hybridized carbons (Fsp3) is 0.682. The molecule has 1 saturated carbocycles. The van der Waals surface area contributed by atoms with Gasteiger partial charge in [-0.3, -0.25) is 4.90 Å². The number of aromatic nitrogens is 3. The molecule has 3 fully saturated rings. The van der Waals surface area contributed by atoms with Crippen molar-refractivity contribution in [3.63, 3.8) is 0 Å². The molecule has 4 heterocycles. The van der Waals surface area contributed by atoms with Gasteiger partial charge in [-0.05, 0) is 67.3 Å². The van der Waals surface area contributed by atoms with Crippen LogP contribution >= 0.6 is 15.9 Å². The number of anilines is 1. The number of nitrogens with one attached hydrogen (secondary N) is 1. The Balaban J connectivity index is 1.30. The number of halogens is 5. The predicted molar refractivity (Wildman–Crippen MR) is 118 cm³/mol. The average Bonchev–Trinajstić information content (AvgIpc) is 3.24. The molecule has 5 rings (SSSR count). The summed E-state index contributed by atoms with van der Waals surface area (Å²) in [6, 6.07) is 3.10. The third-order valence-corrected chi connectivity index (χ3v) is 8.11. The van der Waals surface area contributed by atoms with Crippen LogP contribution in [0.3, 0.4) is 0 Å². The molecule has 2 bridgehead atoms. The molecule has 1 aliphatic carbocycles. The van der Waals surface area contributed by atoms with Crippen molar-refractivity contribution in [2.24, 2.45) is 0 Å². The highest BCUT2D eigenvalue weighted by atomic mass is 79.9. The van der Waals surface area contributed by atoms with Crippen LogP contribution in [0.4, 0.5) is 23.4 Å². The third kappa shape index (κ3) is 4.44. The molecule has 1 unspecified atom stereocenters. The van der Waals surface area contributed by atoms with Crippen molar-refractivity contribution >= 4 is 32.8 Å². The summed E-state index contributed by atoms with van der Waals surface area (Å²) < 4.78 is 54.5. The molecular weight excluding hydrogens is 504 g/mol. The van der Waals surface area contributed by atoms with Crippen molar-refractivity contribution in [1.82, 2.24) is 19.4 Å². The summed E-state index contributed by atoms with van der Waals surface area (Å²) in [5.74, 6) is 0.159. The van der Waals surface area contributed by atoms with Crippen LogP contribution in [0.2, 0.25) is 0 Å². The molecule has 3 atom stereocenters. The molecular formula is C22H25BrF4N6. The third-order valence-electron chi connectivity index (χ3n) is 7.35. The second-order valence-electron chi connectivity index (χ2n) is 9.45. The maximum absolute atomic E-state index is 13.9. The molecule has 3 aliphatic rings. The minimum Gasteiger partial charge on any atom is -0.366 e. The van der Waals surface area contributed by atoms with Gasteiger partial charge in [0.05, 0.1) is 16.2 Å². The molecule has 11 heteroatoms. The first-order valence-electron chi connectivity index (χ1n) is 11.4. The minimum absolute atomic E-state index is 0.147. The van der Waals surface area contributed by atoms with Gasteiger partial charge >= 0.3 is 6.18 Å². The first-order chi connectivity index (χ1) is 15.7. The molecule has 0 amide bonds. The van der Waals surface area contributed by atoms with Crippen LogP contribution in [-0.4, -0.2) is 56.0 Å². The molecule has 0 aromatic carbocycles. The summed E-state index contributed by atoms with van der Waals surface area (Å²) in [6.07, 6.45) is 3.59. The van der Waals surface area contributed by atoms with Gasteiger partial charge in [0.15, 0.2) is 0 Å². The lowest BCUT2D eigenvalue weighted by Crippen LogP contribution is -2.51. The van der Waals surface area contributed by atoms with Crippen molar-refractivity contribution in [2.75, 3.05) is 5.32 Å². The Hall–Kier alpha value is -1.93. The van der Waals surface area contributed by atoms with E-state index in [-0.39, 0.29) is 22.9 Å². The second kappa shape index (κ2) is 8.69. The maximum Gasteiger partial charge on any atom is 0.406 e. The largest absolute Gasteiger partial charge is 0.406 e. The summed E-state index contributed by atoms with van der Waals surface area (Å²) in [5, 5.41) is 12.6. The lowest BCUT2D eigenvalue weighted by atomic mass is 9.87. The maximum atomic E-state index is 13.9. The number of fused-ring (bicyclic) bond motifs is 3. The molecule has 0 radical (unpaired) electrons. The van der Waals surface area contributed by atoms with Gasteiger partial charge in [-0.15, -0.1) is 0 Å². The number of nitrogens with zero attached hydrogens (tertiary/aromatic N) is 5. The first kappa shape index (κ1) is 22.8. The highest BCUT2D eigenvalue weighted by Gasteiger charge is 2.44. The van der Waals surface area contributed by atoms with Crippen molar-refractivity contribution in [2.45, 2.75) is 94.4 Å². The Morgan fingerprint density at radius 2 is 1.73 bits per heavy atom. The molecule has 178 valence electrons. The van der Waals surface area contributed by atoms with E-state index in [0.717, 1.165) is 43.1 Å². The Kier molecular flexibility index (Phi) is 6.02. The van der Waals surface area contributed by atoms with E-state index in [2.05, 4.69) is 36.1 Å². The second-order valence-corrected chi connectivity index (χ2v) is 10.2. The number of pyridine rings is 1. The highest BCUT2D eigenvalue weighted by Crippen LogP contribution is 2.42. The summed E-state index contributed by atoms with van der Waals surface area (Å²) in [6.45, 7) is -1.29. The van der Waals surface area contributed by atoms with Crippen molar-refractivity contribution < 1.29 is 17.6 Å². The van der Waals surface area contributed by atoms with Gasteiger partial charge in [0, 0.05) is 24.2 Å². The smallest absolute Gasteiger partial charge is 0.366 e. The van der Waals surface area contributed by atoms with E-state index in [4.69, 9.17) is 0 Å². The Morgan fingerprint density at radius 3 is 2.33 bits per heavy atom. The molecule has 2 aromatic rings. The minimum atomic E-state index is -4.48. The number of rotatable bonds is 4. The van der Waals surface area contributed by atoms with Crippen LogP contribution in [0.25, 0.3) is 11.0 Å². The number of alkyl halides is 4.